The monoisotopic (exact) mass is 375 g/mol. The first-order chi connectivity index (χ1) is 13.7. The van der Waals surface area contributed by atoms with Gasteiger partial charge in [0.25, 0.3) is 0 Å². The first kappa shape index (κ1) is 17.8. The van der Waals surface area contributed by atoms with E-state index in [1.54, 1.807) is 12.4 Å². The number of ketones is 1. The van der Waals surface area contributed by atoms with Crippen LogP contribution in [0.25, 0.3) is 11.3 Å². The van der Waals surface area contributed by atoms with Crippen LogP contribution in [0.5, 0.6) is 0 Å². The van der Waals surface area contributed by atoms with Gasteiger partial charge in [0.1, 0.15) is 0 Å². The topological polar surface area (TPSA) is 90.1 Å². The Morgan fingerprint density at radius 2 is 1.89 bits per heavy atom. The molecule has 4 rings (SSSR count). The molecule has 7 nitrogen and oxygen atoms in total. The number of hydrogen-bond acceptors (Lipinski definition) is 4. The van der Waals surface area contributed by atoms with Gasteiger partial charge in [-0.2, -0.15) is 0 Å². The summed E-state index contributed by atoms with van der Waals surface area (Å²) in [4.78, 5) is 34.2. The molecule has 2 aromatic heterocycles. The van der Waals surface area contributed by atoms with Crippen LogP contribution >= 0.6 is 0 Å². The van der Waals surface area contributed by atoms with Gasteiger partial charge >= 0.3 is 6.03 Å². The van der Waals surface area contributed by atoms with Gasteiger partial charge in [-0.1, -0.05) is 18.2 Å². The highest BCUT2D eigenvalue weighted by molar-refractivity contribution is 6.09. The van der Waals surface area contributed by atoms with Crippen LogP contribution in [0.4, 0.5) is 16.2 Å². The van der Waals surface area contributed by atoms with Crippen LogP contribution in [0.2, 0.25) is 0 Å². The number of carbonyl (C=O) groups is 2. The fourth-order valence-corrected chi connectivity index (χ4v) is 3.41. The van der Waals surface area contributed by atoms with Gasteiger partial charge in [0.05, 0.1) is 30.0 Å². The van der Waals surface area contributed by atoms with Gasteiger partial charge in [-0.3, -0.25) is 9.78 Å². The number of para-hydroxylation sites is 1. The van der Waals surface area contributed by atoms with Crippen LogP contribution in [0.1, 0.15) is 23.0 Å². The normalized spacial score (nSPS) is 13.2. The third-order valence-electron chi connectivity index (χ3n) is 4.67. The fourth-order valence-electron chi connectivity index (χ4n) is 3.41. The number of nitrogens with one attached hydrogen (secondary N) is 3. The smallest absolute Gasteiger partial charge is 0.318 e. The van der Waals surface area contributed by atoms with Gasteiger partial charge in [0, 0.05) is 35.9 Å². The Morgan fingerprint density at radius 3 is 2.61 bits per heavy atom. The largest absolute Gasteiger partial charge is 0.355 e. The molecule has 28 heavy (non-hydrogen) atoms. The molecular formula is C21H21N5O2. The SMILES string of the molecule is CCNC(=O)N1CC(=O)c2c([nH]c(-c3ccncc3)c2Nc2ccccc2)C1. The Hall–Kier alpha value is -3.61. The number of aromatic nitrogens is 2. The molecule has 0 radical (unpaired) electrons. The van der Waals surface area contributed by atoms with Crippen molar-refractivity contribution in [3.8, 4) is 11.3 Å². The molecule has 0 bridgehead atoms. The van der Waals surface area contributed by atoms with Crippen molar-refractivity contribution in [3.05, 3.63) is 66.1 Å². The number of aromatic amines is 1. The number of Topliss-reactive ketones (excluding diaryl/α,β-unsaturated/α-hetero) is 1. The molecule has 142 valence electrons. The molecule has 1 aromatic carbocycles. The quantitative estimate of drug-likeness (QED) is 0.650. The number of H-pyrrole nitrogens is 1. The van der Waals surface area contributed by atoms with Crippen LogP contribution in [0, 0.1) is 0 Å². The van der Waals surface area contributed by atoms with Gasteiger partial charge < -0.3 is 20.5 Å². The summed E-state index contributed by atoms with van der Waals surface area (Å²) in [6.45, 7) is 2.77. The number of fused-ring (bicyclic) bond motifs is 1. The zero-order valence-corrected chi connectivity index (χ0v) is 15.5. The van der Waals surface area contributed by atoms with E-state index < -0.39 is 0 Å². The first-order valence-electron chi connectivity index (χ1n) is 9.20. The maximum absolute atomic E-state index is 13.0. The molecule has 3 aromatic rings. The molecule has 0 unspecified atom stereocenters. The van der Waals surface area contributed by atoms with Crippen molar-refractivity contribution in [2.75, 3.05) is 18.4 Å². The predicted octanol–water partition coefficient (Wildman–Crippen LogP) is 3.55. The number of nitrogens with zero attached hydrogens (tertiary/aromatic N) is 2. The number of urea groups is 1. The van der Waals surface area contributed by atoms with Gasteiger partial charge in [0.2, 0.25) is 0 Å². The van der Waals surface area contributed by atoms with E-state index in [4.69, 9.17) is 0 Å². The maximum atomic E-state index is 13.0. The van der Waals surface area contributed by atoms with E-state index in [0.29, 0.717) is 18.7 Å². The maximum Gasteiger partial charge on any atom is 0.318 e. The molecule has 1 aliphatic heterocycles. The second-order valence-corrected chi connectivity index (χ2v) is 6.57. The third-order valence-corrected chi connectivity index (χ3v) is 4.67. The molecule has 0 fully saturated rings. The highest BCUT2D eigenvalue weighted by atomic mass is 16.2. The molecule has 0 aliphatic carbocycles. The molecule has 7 heteroatoms. The Bertz CT molecular complexity index is 998. The van der Waals surface area contributed by atoms with E-state index >= 15 is 0 Å². The summed E-state index contributed by atoms with van der Waals surface area (Å²) in [5.41, 5.74) is 4.68. The second kappa shape index (κ2) is 7.56. The van der Waals surface area contributed by atoms with Crippen molar-refractivity contribution in [1.29, 1.82) is 0 Å². The number of benzene rings is 1. The highest BCUT2D eigenvalue weighted by Crippen LogP contribution is 2.37. The van der Waals surface area contributed by atoms with Crippen molar-refractivity contribution in [2.45, 2.75) is 13.5 Å². The lowest BCUT2D eigenvalue weighted by molar-refractivity contribution is 0.0919. The minimum absolute atomic E-state index is 0.0515. The molecule has 2 amide bonds. The molecule has 0 atom stereocenters. The minimum Gasteiger partial charge on any atom is -0.355 e. The second-order valence-electron chi connectivity index (χ2n) is 6.57. The van der Waals surface area contributed by atoms with E-state index in [2.05, 4.69) is 20.6 Å². The summed E-state index contributed by atoms with van der Waals surface area (Å²) in [5, 5.41) is 6.14. The summed E-state index contributed by atoms with van der Waals surface area (Å²) in [6, 6.07) is 13.3. The Balaban J connectivity index is 1.78. The van der Waals surface area contributed by atoms with Crippen LogP contribution < -0.4 is 10.6 Å². The average molecular weight is 375 g/mol. The van der Waals surface area contributed by atoms with E-state index in [1.807, 2.05) is 49.4 Å². The van der Waals surface area contributed by atoms with Crippen LogP contribution in [-0.2, 0) is 6.54 Å². The number of hydrogen-bond donors (Lipinski definition) is 3. The lowest BCUT2D eigenvalue weighted by Gasteiger charge is -2.26. The summed E-state index contributed by atoms with van der Waals surface area (Å²) >= 11 is 0. The molecular weight excluding hydrogens is 354 g/mol. The lowest BCUT2D eigenvalue weighted by atomic mass is 10.0. The summed E-state index contributed by atoms with van der Waals surface area (Å²) in [6.07, 6.45) is 3.43. The molecule has 0 spiro atoms. The van der Waals surface area contributed by atoms with Gasteiger partial charge in [-0.25, -0.2) is 4.79 Å². The van der Waals surface area contributed by atoms with Crippen molar-refractivity contribution >= 4 is 23.2 Å². The van der Waals surface area contributed by atoms with E-state index in [9.17, 15) is 9.59 Å². The Labute approximate surface area is 162 Å². The molecule has 1 aliphatic rings. The fraction of sp³-hybridized carbons (Fsp3) is 0.190. The first-order valence-corrected chi connectivity index (χ1v) is 9.20. The van der Waals surface area contributed by atoms with Crippen molar-refractivity contribution in [3.63, 3.8) is 0 Å². The van der Waals surface area contributed by atoms with Crippen LogP contribution in [0.3, 0.4) is 0 Å². The van der Waals surface area contributed by atoms with Crippen molar-refractivity contribution in [1.82, 2.24) is 20.2 Å². The van der Waals surface area contributed by atoms with E-state index in [1.165, 1.54) is 4.90 Å². The number of pyridine rings is 1. The predicted molar refractivity (Wildman–Crippen MR) is 108 cm³/mol. The Kier molecular flexibility index (Phi) is 4.80. The van der Waals surface area contributed by atoms with Gasteiger partial charge in [-0.05, 0) is 31.2 Å². The van der Waals surface area contributed by atoms with Crippen molar-refractivity contribution < 1.29 is 9.59 Å². The van der Waals surface area contributed by atoms with Crippen LogP contribution in [-0.4, -0.2) is 39.8 Å². The summed E-state index contributed by atoms with van der Waals surface area (Å²) < 4.78 is 0. The molecule has 3 N–H and O–H groups in total. The minimum atomic E-state index is -0.237. The number of rotatable bonds is 4. The molecule has 0 saturated heterocycles. The number of anilines is 2. The van der Waals surface area contributed by atoms with Gasteiger partial charge in [0.15, 0.2) is 5.78 Å². The molecule has 3 heterocycles. The van der Waals surface area contributed by atoms with E-state index in [0.717, 1.165) is 28.3 Å². The summed E-state index contributed by atoms with van der Waals surface area (Å²) in [7, 11) is 0. The van der Waals surface area contributed by atoms with Crippen LogP contribution in [0.15, 0.2) is 54.9 Å². The number of carbonyl (C=O) groups excluding carboxylic acids is 2. The standard InChI is InChI=1S/C21H21N5O2/c1-2-23-21(28)26-12-16-18(17(27)13-26)20(24-15-6-4-3-5-7-15)19(25-16)14-8-10-22-11-9-14/h3-11,24-25H,2,12-13H2,1H3,(H,23,28). The van der Waals surface area contributed by atoms with Gasteiger partial charge in [-0.15, -0.1) is 0 Å². The van der Waals surface area contributed by atoms with E-state index in [-0.39, 0.29) is 18.4 Å². The molecule has 0 saturated carbocycles. The van der Waals surface area contributed by atoms with Crippen molar-refractivity contribution in [2.24, 2.45) is 0 Å². The summed E-state index contributed by atoms with van der Waals surface area (Å²) in [5.74, 6) is -0.0949. The lowest BCUT2D eigenvalue weighted by Crippen LogP contribution is -2.44. The zero-order chi connectivity index (χ0) is 19.5. The number of amides is 2. The zero-order valence-electron chi connectivity index (χ0n) is 15.5. The average Bonchev–Trinajstić information content (AvgIpc) is 3.08. The third kappa shape index (κ3) is 3.34. The Morgan fingerprint density at radius 1 is 1.14 bits per heavy atom. The highest BCUT2D eigenvalue weighted by Gasteiger charge is 2.32.